The number of carbonyl (C=O) groups excluding carboxylic acids is 2. The first-order chi connectivity index (χ1) is 8.49. The van der Waals surface area contributed by atoms with E-state index in [-0.39, 0.29) is 30.5 Å². The smallest absolute Gasteiger partial charge is 0.291 e. The number of halogens is 1. The van der Waals surface area contributed by atoms with Gasteiger partial charge in [0.15, 0.2) is 0 Å². The molecule has 0 atom stereocenters. The minimum absolute atomic E-state index is 0.192. The van der Waals surface area contributed by atoms with Crippen molar-refractivity contribution in [2.45, 2.75) is 26.2 Å². The normalized spacial score (nSPS) is 16.1. The number of hydrogen-bond acceptors (Lipinski definition) is 2. The van der Waals surface area contributed by atoms with Gasteiger partial charge in [0, 0.05) is 13.0 Å². The number of imide groups is 1. The fourth-order valence-corrected chi connectivity index (χ4v) is 1.89. The Morgan fingerprint density at radius 2 is 2.06 bits per heavy atom. The number of rotatable bonds is 2. The van der Waals surface area contributed by atoms with Gasteiger partial charge in [-0.25, -0.2) is 9.18 Å². The maximum atomic E-state index is 13.8. The van der Waals surface area contributed by atoms with Gasteiger partial charge in [0.2, 0.25) is 5.91 Å². The van der Waals surface area contributed by atoms with Gasteiger partial charge in [0.1, 0.15) is 5.82 Å². The summed E-state index contributed by atoms with van der Waals surface area (Å²) in [5.41, 5.74) is 1.18. The molecule has 0 aliphatic carbocycles. The zero-order valence-corrected chi connectivity index (χ0v) is 10.4. The Morgan fingerprint density at radius 1 is 1.33 bits per heavy atom. The second-order valence-electron chi connectivity index (χ2n) is 4.62. The van der Waals surface area contributed by atoms with Crippen molar-refractivity contribution in [3.05, 3.63) is 29.6 Å². The lowest BCUT2D eigenvalue weighted by Gasteiger charge is -2.27. The van der Waals surface area contributed by atoms with Gasteiger partial charge in [0.05, 0.1) is 5.69 Å². The lowest BCUT2D eigenvalue weighted by molar-refractivity contribution is -0.120. The maximum Gasteiger partial charge on any atom is 0.328 e. The SMILES string of the molecule is CC(C)c1ccc(F)c(N2CCC(=O)NC2=O)c1. The topological polar surface area (TPSA) is 49.4 Å². The Morgan fingerprint density at radius 3 is 2.67 bits per heavy atom. The van der Waals surface area contributed by atoms with Crippen LogP contribution in [0.4, 0.5) is 14.9 Å². The Balaban J connectivity index is 2.35. The summed E-state index contributed by atoms with van der Waals surface area (Å²) in [5, 5.41) is 2.19. The second kappa shape index (κ2) is 4.76. The molecule has 0 aromatic heterocycles. The van der Waals surface area contributed by atoms with Crippen LogP contribution in [0.5, 0.6) is 0 Å². The van der Waals surface area contributed by atoms with E-state index < -0.39 is 11.8 Å². The van der Waals surface area contributed by atoms with E-state index in [9.17, 15) is 14.0 Å². The quantitative estimate of drug-likeness (QED) is 0.876. The maximum absolute atomic E-state index is 13.8. The van der Waals surface area contributed by atoms with Crippen LogP contribution >= 0.6 is 0 Å². The van der Waals surface area contributed by atoms with Crippen molar-refractivity contribution >= 4 is 17.6 Å². The van der Waals surface area contributed by atoms with Crippen LogP contribution in [-0.2, 0) is 4.79 Å². The van der Waals surface area contributed by atoms with Crippen LogP contribution in [0.2, 0.25) is 0 Å². The Labute approximate surface area is 105 Å². The molecule has 2 rings (SSSR count). The van der Waals surface area contributed by atoms with Crippen LogP contribution in [0.25, 0.3) is 0 Å². The summed E-state index contributed by atoms with van der Waals surface area (Å²) in [6, 6.07) is 4.16. The lowest BCUT2D eigenvalue weighted by atomic mass is 10.0. The number of urea groups is 1. The highest BCUT2D eigenvalue weighted by atomic mass is 19.1. The highest BCUT2D eigenvalue weighted by molar-refractivity contribution is 6.05. The first-order valence-corrected chi connectivity index (χ1v) is 5.90. The summed E-state index contributed by atoms with van der Waals surface area (Å²) in [6.45, 7) is 4.21. The molecule has 0 radical (unpaired) electrons. The lowest BCUT2D eigenvalue weighted by Crippen LogP contribution is -2.49. The molecule has 1 N–H and O–H groups in total. The standard InChI is InChI=1S/C13H15FN2O2/c1-8(2)9-3-4-10(14)11(7-9)16-6-5-12(17)15-13(16)18/h3-4,7-8H,5-6H2,1-2H3,(H,15,17,18). The van der Waals surface area contributed by atoms with Crippen molar-refractivity contribution in [1.29, 1.82) is 0 Å². The van der Waals surface area contributed by atoms with E-state index in [0.29, 0.717) is 0 Å². The van der Waals surface area contributed by atoms with E-state index in [1.807, 2.05) is 13.8 Å². The van der Waals surface area contributed by atoms with E-state index in [0.717, 1.165) is 5.56 Å². The van der Waals surface area contributed by atoms with Gasteiger partial charge < -0.3 is 0 Å². The molecule has 3 amide bonds. The van der Waals surface area contributed by atoms with Gasteiger partial charge in [-0.15, -0.1) is 0 Å². The first kappa shape index (κ1) is 12.5. The van der Waals surface area contributed by atoms with Crippen LogP contribution in [0.15, 0.2) is 18.2 Å². The molecule has 0 saturated carbocycles. The average Bonchev–Trinajstić information content (AvgIpc) is 2.30. The Kier molecular flexibility index (Phi) is 3.32. The molecular weight excluding hydrogens is 235 g/mol. The van der Waals surface area contributed by atoms with Gasteiger partial charge in [-0.2, -0.15) is 0 Å². The molecule has 4 nitrogen and oxygen atoms in total. The molecule has 5 heteroatoms. The van der Waals surface area contributed by atoms with Crippen molar-refractivity contribution < 1.29 is 14.0 Å². The summed E-state index contributed by atoms with van der Waals surface area (Å²) in [5.74, 6) is -0.528. The summed E-state index contributed by atoms with van der Waals surface area (Å²) in [6.07, 6.45) is 0.192. The third-order valence-corrected chi connectivity index (χ3v) is 2.98. The van der Waals surface area contributed by atoms with E-state index in [4.69, 9.17) is 0 Å². The molecule has 0 bridgehead atoms. The number of nitrogens with zero attached hydrogens (tertiary/aromatic N) is 1. The predicted octanol–water partition coefficient (Wildman–Crippen LogP) is 2.40. The number of anilines is 1. The summed E-state index contributed by atoms with van der Waals surface area (Å²) in [7, 11) is 0. The van der Waals surface area contributed by atoms with Crippen LogP contribution in [0.1, 0.15) is 31.7 Å². The van der Waals surface area contributed by atoms with Crippen molar-refractivity contribution in [3.8, 4) is 0 Å². The van der Waals surface area contributed by atoms with Crippen molar-refractivity contribution in [3.63, 3.8) is 0 Å². The van der Waals surface area contributed by atoms with Crippen molar-refractivity contribution in [1.82, 2.24) is 5.32 Å². The molecule has 96 valence electrons. The molecule has 1 aliphatic heterocycles. The van der Waals surface area contributed by atoms with Gasteiger partial charge in [-0.05, 0) is 23.6 Å². The number of carbonyl (C=O) groups is 2. The summed E-state index contributed by atoms with van der Waals surface area (Å²) < 4.78 is 13.8. The number of hydrogen-bond donors (Lipinski definition) is 1. The van der Waals surface area contributed by atoms with Crippen LogP contribution < -0.4 is 10.2 Å². The molecule has 1 aromatic carbocycles. The predicted molar refractivity (Wildman–Crippen MR) is 66.0 cm³/mol. The summed E-state index contributed by atoms with van der Waals surface area (Å²) in [4.78, 5) is 24.0. The molecule has 1 heterocycles. The molecule has 0 unspecified atom stereocenters. The highest BCUT2D eigenvalue weighted by Crippen LogP contribution is 2.26. The molecule has 1 aliphatic rings. The van der Waals surface area contributed by atoms with E-state index in [1.165, 1.54) is 11.0 Å². The van der Waals surface area contributed by atoms with Gasteiger partial charge in [-0.1, -0.05) is 19.9 Å². The minimum Gasteiger partial charge on any atom is -0.291 e. The van der Waals surface area contributed by atoms with Crippen LogP contribution in [0.3, 0.4) is 0 Å². The van der Waals surface area contributed by atoms with E-state index in [2.05, 4.69) is 5.32 Å². The average molecular weight is 250 g/mol. The minimum atomic E-state index is -0.564. The Hall–Kier alpha value is -1.91. The zero-order valence-electron chi connectivity index (χ0n) is 10.4. The van der Waals surface area contributed by atoms with Crippen molar-refractivity contribution in [2.75, 3.05) is 11.4 Å². The molecule has 1 saturated heterocycles. The molecule has 1 aromatic rings. The van der Waals surface area contributed by atoms with Crippen LogP contribution in [-0.4, -0.2) is 18.5 Å². The Bertz CT molecular complexity index is 500. The third kappa shape index (κ3) is 2.34. The molecule has 18 heavy (non-hydrogen) atoms. The molecule has 0 spiro atoms. The summed E-state index contributed by atoms with van der Waals surface area (Å²) >= 11 is 0. The van der Waals surface area contributed by atoms with Gasteiger partial charge in [-0.3, -0.25) is 15.0 Å². The van der Waals surface area contributed by atoms with Crippen LogP contribution in [0, 0.1) is 5.82 Å². The largest absolute Gasteiger partial charge is 0.328 e. The fourth-order valence-electron chi connectivity index (χ4n) is 1.89. The van der Waals surface area contributed by atoms with Gasteiger partial charge >= 0.3 is 6.03 Å². The van der Waals surface area contributed by atoms with E-state index >= 15 is 0 Å². The number of nitrogens with one attached hydrogen (secondary N) is 1. The zero-order chi connectivity index (χ0) is 13.3. The first-order valence-electron chi connectivity index (χ1n) is 5.90. The second-order valence-corrected chi connectivity index (χ2v) is 4.62. The number of amides is 3. The van der Waals surface area contributed by atoms with Crippen molar-refractivity contribution in [2.24, 2.45) is 0 Å². The number of benzene rings is 1. The monoisotopic (exact) mass is 250 g/mol. The van der Waals surface area contributed by atoms with E-state index in [1.54, 1.807) is 12.1 Å². The molecular formula is C13H15FN2O2. The fraction of sp³-hybridized carbons (Fsp3) is 0.385. The highest BCUT2D eigenvalue weighted by Gasteiger charge is 2.26. The third-order valence-electron chi connectivity index (χ3n) is 2.98. The molecule has 1 fully saturated rings. The van der Waals surface area contributed by atoms with Gasteiger partial charge in [0.25, 0.3) is 0 Å².